The highest BCUT2D eigenvalue weighted by Crippen LogP contribution is 2.20. The normalized spacial score (nSPS) is 15.3. The van der Waals surface area contributed by atoms with Gasteiger partial charge in [-0.1, -0.05) is 11.6 Å². The van der Waals surface area contributed by atoms with Crippen LogP contribution < -0.4 is 5.73 Å². The van der Waals surface area contributed by atoms with Crippen molar-refractivity contribution in [1.29, 1.82) is 0 Å². The first-order chi connectivity index (χ1) is 6.27. The Kier molecular flexibility index (Phi) is 2.10. The lowest BCUT2D eigenvalue weighted by Gasteiger charge is -2.05. The smallest absolute Gasteiger partial charge is 0.218 e. The summed E-state index contributed by atoms with van der Waals surface area (Å²) in [6, 6.07) is 5.26. The molecule has 0 atom stereocenters. The van der Waals surface area contributed by atoms with E-state index in [1.165, 1.54) is 0 Å². The van der Waals surface area contributed by atoms with Crippen molar-refractivity contribution < 1.29 is 4.74 Å². The number of nitrogen functional groups attached to an aromatic ring is 1. The molecule has 1 aromatic rings. The average molecular weight is 197 g/mol. The molecule has 0 aliphatic carbocycles. The van der Waals surface area contributed by atoms with Gasteiger partial charge in [0.05, 0.1) is 12.1 Å². The number of anilines is 1. The first kappa shape index (κ1) is 8.38. The number of ether oxygens (including phenoxy) is 1. The Balaban J connectivity index is 2.43. The number of halogens is 1. The van der Waals surface area contributed by atoms with Gasteiger partial charge in [0, 0.05) is 10.7 Å². The maximum absolute atomic E-state index is 5.83. The Bertz CT molecular complexity index is 363. The van der Waals surface area contributed by atoms with Crippen molar-refractivity contribution in [2.75, 3.05) is 18.9 Å². The lowest BCUT2D eigenvalue weighted by molar-refractivity contribution is 0.348. The molecule has 0 saturated carbocycles. The second-order valence-corrected chi connectivity index (χ2v) is 3.20. The Hall–Kier alpha value is -1.22. The molecule has 0 saturated heterocycles. The van der Waals surface area contributed by atoms with Crippen LogP contribution >= 0.6 is 11.6 Å². The summed E-state index contributed by atoms with van der Waals surface area (Å²) in [7, 11) is 0. The number of nitrogens with two attached hydrogens (primary N) is 1. The summed E-state index contributed by atoms with van der Waals surface area (Å²) in [4.78, 5) is 4.16. The molecular formula is C9H9ClN2O. The van der Waals surface area contributed by atoms with Gasteiger partial charge in [-0.25, -0.2) is 4.99 Å². The number of aliphatic imine (C=N–C) groups is 1. The predicted octanol–water partition coefficient (Wildman–Crippen LogP) is 1.70. The monoisotopic (exact) mass is 196 g/mol. The molecule has 3 nitrogen and oxygen atoms in total. The molecule has 1 aliphatic rings. The van der Waals surface area contributed by atoms with Crippen molar-refractivity contribution in [3.05, 3.63) is 28.8 Å². The summed E-state index contributed by atoms with van der Waals surface area (Å²) in [5, 5.41) is 0.641. The molecule has 68 valence electrons. The van der Waals surface area contributed by atoms with E-state index in [9.17, 15) is 0 Å². The van der Waals surface area contributed by atoms with Gasteiger partial charge in [-0.05, 0) is 18.2 Å². The van der Waals surface area contributed by atoms with Gasteiger partial charge in [0.25, 0.3) is 0 Å². The van der Waals surface area contributed by atoms with Crippen LogP contribution in [0.25, 0.3) is 0 Å². The number of hydrogen-bond acceptors (Lipinski definition) is 3. The lowest BCUT2D eigenvalue weighted by Crippen LogP contribution is -2.04. The van der Waals surface area contributed by atoms with E-state index in [1.807, 2.05) is 0 Å². The zero-order chi connectivity index (χ0) is 9.26. The Morgan fingerprint density at radius 1 is 1.46 bits per heavy atom. The zero-order valence-electron chi connectivity index (χ0n) is 6.96. The maximum Gasteiger partial charge on any atom is 0.218 e. The molecule has 0 radical (unpaired) electrons. The van der Waals surface area contributed by atoms with Crippen LogP contribution in [0.3, 0.4) is 0 Å². The van der Waals surface area contributed by atoms with E-state index in [0.29, 0.717) is 29.8 Å². The highest BCUT2D eigenvalue weighted by molar-refractivity contribution is 6.31. The predicted molar refractivity (Wildman–Crippen MR) is 53.2 cm³/mol. The van der Waals surface area contributed by atoms with Crippen molar-refractivity contribution in [3.8, 4) is 0 Å². The Labute approximate surface area is 81.2 Å². The highest BCUT2D eigenvalue weighted by Gasteiger charge is 2.13. The molecule has 0 unspecified atom stereocenters. The van der Waals surface area contributed by atoms with Crippen molar-refractivity contribution in [3.63, 3.8) is 0 Å². The van der Waals surface area contributed by atoms with Crippen LogP contribution in [0.1, 0.15) is 5.56 Å². The van der Waals surface area contributed by atoms with Crippen molar-refractivity contribution >= 4 is 23.2 Å². The largest absolute Gasteiger partial charge is 0.475 e. The first-order valence-electron chi connectivity index (χ1n) is 4.00. The van der Waals surface area contributed by atoms with Crippen LogP contribution in [0.15, 0.2) is 23.2 Å². The molecule has 2 rings (SSSR count). The molecule has 1 aliphatic heterocycles. The van der Waals surface area contributed by atoms with Crippen molar-refractivity contribution in [2.45, 2.75) is 0 Å². The van der Waals surface area contributed by atoms with Crippen molar-refractivity contribution in [1.82, 2.24) is 0 Å². The van der Waals surface area contributed by atoms with Gasteiger partial charge in [0.15, 0.2) is 0 Å². The summed E-state index contributed by atoms with van der Waals surface area (Å²) in [6.07, 6.45) is 0. The van der Waals surface area contributed by atoms with Crippen molar-refractivity contribution in [2.24, 2.45) is 4.99 Å². The van der Waals surface area contributed by atoms with Gasteiger partial charge >= 0.3 is 0 Å². The molecule has 0 aromatic heterocycles. The van der Waals surface area contributed by atoms with Gasteiger partial charge < -0.3 is 10.5 Å². The summed E-state index contributed by atoms with van der Waals surface area (Å²) in [5.41, 5.74) is 7.18. The fourth-order valence-corrected chi connectivity index (χ4v) is 1.38. The van der Waals surface area contributed by atoms with E-state index in [-0.39, 0.29) is 0 Å². The number of nitrogens with zero attached hydrogens (tertiary/aromatic N) is 1. The van der Waals surface area contributed by atoms with Gasteiger partial charge in [-0.2, -0.15) is 0 Å². The molecule has 0 spiro atoms. The molecule has 4 heteroatoms. The Morgan fingerprint density at radius 3 is 3.00 bits per heavy atom. The third-order valence-electron chi connectivity index (χ3n) is 1.83. The van der Waals surface area contributed by atoms with Gasteiger partial charge in [0.1, 0.15) is 6.61 Å². The molecule has 0 fully saturated rings. The molecule has 0 bridgehead atoms. The van der Waals surface area contributed by atoms with Gasteiger partial charge in [-0.15, -0.1) is 0 Å². The second-order valence-electron chi connectivity index (χ2n) is 2.77. The standard InChI is InChI=1S/C9H9ClN2O/c10-6-1-2-8(11)7(5-6)9-12-3-4-13-9/h1-2,5H,3-4,11H2. The van der Waals surface area contributed by atoms with Crippen LogP contribution in [0, 0.1) is 0 Å². The van der Waals surface area contributed by atoms with E-state index in [1.54, 1.807) is 18.2 Å². The van der Waals surface area contributed by atoms with E-state index in [0.717, 1.165) is 5.56 Å². The minimum Gasteiger partial charge on any atom is -0.475 e. The van der Waals surface area contributed by atoms with Crippen LogP contribution in [0.2, 0.25) is 5.02 Å². The summed E-state index contributed by atoms with van der Waals surface area (Å²) >= 11 is 5.83. The SMILES string of the molecule is Nc1ccc(Cl)cc1C1=NCCO1. The van der Waals surface area contributed by atoms with Crippen LogP contribution in [0.4, 0.5) is 5.69 Å². The molecule has 13 heavy (non-hydrogen) atoms. The minimum atomic E-state index is 0.597. The number of hydrogen-bond donors (Lipinski definition) is 1. The average Bonchev–Trinajstić information content (AvgIpc) is 2.61. The van der Waals surface area contributed by atoms with E-state index in [2.05, 4.69) is 4.99 Å². The minimum absolute atomic E-state index is 0.597. The quantitative estimate of drug-likeness (QED) is 0.695. The molecule has 1 heterocycles. The van der Waals surface area contributed by atoms with Crippen LogP contribution in [-0.4, -0.2) is 19.0 Å². The fourth-order valence-electron chi connectivity index (χ4n) is 1.21. The second kappa shape index (κ2) is 3.26. The van der Waals surface area contributed by atoms with E-state index < -0.39 is 0 Å². The third kappa shape index (κ3) is 1.60. The first-order valence-corrected chi connectivity index (χ1v) is 4.38. The van der Waals surface area contributed by atoms with Crippen LogP contribution in [0.5, 0.6) is 0 Å². The summed E-state index contributed by atoms with van der Waals surface area (Å²) < 4.78 is 5.29. The molecule has 1 aromatic carbocycles. The molecule has 0 amide bonds. The zero-order valence-corrected chi connectivity index (χ0v) is 7.71. The summed E-state index contributed by atoms with van der Waals surface area (Å²) in [6.45, 7) is 1.32. The highest BCUT2D eigenvalue weighted by atomic mass is 35.5. The molecular weight excluding hydrogens is 188 g/mol. The van der Waals surface area contributed by atoms with Gasteiger partial charge in [0.2, 0.25) is 5.90 Å². The van der Waals surface area contributed by atoms with E-state index >= 15 is 0 Å². The Morgan fingerprint density at radius 2 is 2.31 bits per heavy atom. The van der Waals surface area contributed by atoms with E-state index in [4.69, 9.17) is 22.1 Å². The van der Waals surface area contributed by atoms with Gasteiger partial charge in [-0.3, -0.25) is 0 Å². The number of rotatable bonds is 1. The fraction of sp³-hybridized carbons (Fsp3) is 0.222. The number of benzene rings is 1. The topological polar surface area (TPSA) is 47.6 Å². The van der Waals surface area contributed by atoms with Crippen LogP contribution in [-0.2, 0) is 4.74 Å². The maximum atomic E-state index is 5.83. The third-order valence-corrected chi connectivity index (χ3v) is 2.07. The summed E-state index contributed by atoms with van der Waals surface area (Å²) in [5.74, 6) is 0.597. The molecule has 2 N–H and O–H groups in total. The lowest BCUT2D eigenvalue weighted by atomic mass is 10.2.